The predicted molar refractivity (Wildman–Crippen MR) is 82.3 cm³/mol. The lowest BCUT2D eigenvalue weighted by Crippen LogP contribution is -2.12. The third-order valence-electron chi connectivity index (χ3n) is 3.26. The second kappa shape index (κ2) is 6.13. The van der Waals surface area contributed by atoms with E-state index in [4.69, 9.17) is 0 Å². The smallest absolute Gasteiger partial charge is 0.387 e. The van der Waals surface area contributed by atoms with Crippen molar-refractivity contribution in [1.29, 1.82) is 0 Å². The van der Waals surface area contributed by atoms with Gasteiger partial charge < -0.3 is 10.4 Å². The van der Waals surface area contributed by atoms with Crippen LogP contribution in [0.1, 0.15) is 17.2 Å². The summed E-state index contributed by atoms with van der Waals surface area (Å²) in [6.07, 6.45) is -2.00. The van der Waals surface area contributed by atoms with Crippen LogP contribution in [0.2, 0.25) is 0 Å². The quantitative estimate of drug-likeness (QED) is 0.758. The molecule has 0 saturated carbocycles. The summed E-state index contributed by atoms with van der Waals surface area (Å²) in [7, 11) is 0. The number of pyridine rings is 1. The Bertz CT molecular complexity index is 769. The lowest BCUT2D eigenvalue weighted by Gasteiger charge is -2.13. The Kier molecular flexibility index (Phi) is 4.18. The van der Waals surface area contributed by atoms with Crippen LogP contribution in [0.3, 0.4) is 0 Å². The van der Waals surface area contributed by atoms with Crippen molar-refractivity contribution < 1.29 is 18.3 Å². The van der Waals surface area contributed by atoms with Gasteiger partial charge >= 0.3 is 6.18 Å². The molecule has 4 nitrogen and oxygen atoms in total. The second-order valence-corrected chi connectivity index (χ2v) is 5.91. The molecule has 0 radical (unpaired) electrons. The molecule has 8 heteroatoms. The zero-order valence-corrected chi connectivity index (χ0v) is 12.5. The maximum absolute atomic E-state index is 12.5. The van der Waals surface area contributed by atoms with Gasteiger partial charge in [-0.2, -0.15) is 13.2 Å². The molecule has 23 heavy (non-hydrogen) atoms. The second-order valence-electron chi connectivity index (χ2n) is 4.88. The molecular weight excluding hydrogens is 327 g/mol. The monoisotopic (exact) mass is 339 g/mol. The van der Waals surface area contributed by atoms with Crippen molar-refractivity contribution in [2.45, 2.75) is 12.3 Å². The molecule has 0 amide bonds. The third-order valence-corrected chi connectivity index (χ3v) is 4.25. The van der Waals surface area contributed by atoms with E-state index in [2.05, 4.69) is 15.3 Å². The topological polar surface area (TPSA) is 58.0 Å². The van der Waals surface area contributed by atoms with Gasteiger partial charge in [-0.1, -0.05) is 23.5 Å². The van der Waals surface area contributed by atoms with Crippen LogP contribution in [-0.2, 0) is 6.18 Å². The molecule has 3 aromatic rings. The van der Waals surface area contributed by atoms with Gasteiger partial charge in [-0.15, -0.1) is 0 Å². The van der Waals surface area contributed by atoms with Gasteiger partial charge in [0.25, 0.3) is 0 Å². The van der Waals surface area contributed by atoms with Crippen molar-refractivity contribution in [3.63, 3.8) is 0 Å². The Balaban J connectivity index is 1.65. The molecule has 0 saturated heterocycles. The van der Waals surface area contributed by atoms with E-state index in [0.29, 0.717) is 10.7 Å². The van der Waals surface area contributed by atoms with Crippen LogP contribution >= 0.6 is 11.3 Å². The number of rotatable bonds is 4. The molecule has 2 N–H and O–H groups in total. The maximum Gasteiger partial charge on any atom is 0.416 e. The maximum atomic E-state index is 12.5. The lowest BCUT2D eigenvalue weighted by molar-refractivity contribution is -0.137. The minimum Gasteiger partial charge on any atom is -0.387 e. The molecule has 120 valence electrons. The summed E-state index contributed by atoms with van der Waals surface area (Å²) in [5.74, 6) is 0. The Morgan fingerprint density at radius 2 is 1.91 bits per heavy atom. The summed E-state index contributed by atoms with van der Waals surface area (Å²) in [6, 6.07) is 6.31. The molecule has 1 atom stereocenters. The molecule has 0 spiro atoms. The van der Waals surface area contributed by atoms with E-state index in [0.717, 1.165) is 22.3 Å². The minimum absolute atomic E-state index is 0.151. The van der Waals surface area contributed by atoms with Crippen LogP contribution in [-0.4, -0.2) is 21.6 Å². The molecule has 0 aliphatic carbocycles. The van der Waals surface area contributed by atoms with Gasteiger partial charge in [0.1, 0.15) is 5.52 Å². The van der Waals surface area contributed by atoms with Crippen molar-refractivity contribution in [3.8, 4) is 0 Å². The average molecular weight is 339 g/mol. The number of hydrogen-bond donors (Lipinski definition) is 2. The number of anilines is 1. The first-order chi connectivity index (χ1) is 10.9. The molecule has 1 aromatic carbocycles. The number of nitrogens with one attached hydrogen (secondary N) is 1. The fourth-order valence-corrected chi connectivity index (χ4v) is 2.89. The zero-order valence-electron chi connectivity index (χ0n) is 11.7. The van der Waals surface area contributed by atoms with Gasteiger partial charge in [-0.3, -0.25) is 4.98 Å². The number of fused-ring (bicyclic) bond motifs is 1. The first kappa shape index (κ1) is 15.7. The average Bonchev–Trinajstić information content (AvgIpc) is 2.95. The van der Waals surface area contributed by atoms with E-state index < -0.39 is 17.8 Å². The standard InChI is InChI=1S/C15H12F3N3OS/c16-15(17,18)10-3-1-9(2-4-10)12(22)8-20-14-21-11-7-19-6-5-13(11)23-14/h1-7,12,22H,8H2,(H,20,21). The summed E-state index contributed by atoms with van der Waals surface area (Å²) >= 11 is 1.42. The number of aromatic nitrogens is 2. The van der Waals surface area contributed by atoms with Crippen molar-refractivity contribution in [2.75, 3.05) is 11.9 Å². The number of alkyl halides is 3. The number of thiazole rings is 1. The molecule has 3 rings (SSSR count). The van der Waals surface area contributed by atoms with Crippen molar-refractivity contribution in [2.24, 2.45) is 0 Å². The molecule has 2 aromatic heterocycles. The minimum atomic E-state index is -4.38. The number of halogens is 3. The number of nitrogens with zero attached hydrogens (tertiary/aromatic N) is 2. The molecule has 0 bridgehead atoms. The van der Waals surface area contributed by atoms with Crippen LogP contribution in [0.5, 0.6) is 0 Å². The van der Waals surface area contributed by atoms with Gasteiger partial charge in [-0.25, -0.2) is 4.98 Å². The number of aliphatic hydroxyl groups excluding tert-OH is 1. The predicted octanol–water partition coefficient (Wildman–Crippen LogP) is 3.86. The third kappa shape index (κ3) is 3.59. The van der Waals surface area contributed by atoms with Crippen molar-refractivity contribution >= 4 is 26.7 Å². The van der Waals surface area contributed by atoms with Crippen LogP contribution in [0, 0.1) is 0 Å². The van der Waals surface area contributed by atoms with Crippen molar-refractivity contribution in [1.82, 2.24) is 9.97 Å². The Hall–Kier alpha value is -2.19. The Labute approximate surface area is 133 Å². The van der Waals surface area contributed by atoms with Crippen LogP contribution < -0.4 is 5.32 Å². The molecule has 1 unspecified atom stereocenters. The highest BCUT2D eigenvalue weighted by Crippen LogP contribution is 2.30. The Morgan fingerprint density at radius 3 is 2.57 bits per heavy atom. The molecule has 0 aliphatic rings. The van der Waals surface area contributed by atoms with E-state index >= 15 is 0 Å². The molecule has 2 heterocycles. The van der Waals surface area contributed by atoms with Crippen LogP contribution in [0.25, 0.3) is 10.2 Å². The number of benzene rings is 1. The highest BCUT2D eigenvalue weighted by molar-refractivity contribution is 7.22. The summed E-state index contributed by atoms with van der Waals surface area (Å²) in [5.41, 5.74) is 0.428. The van der Waals surface area contributed by atoms with E-state index in [1.54, 1.807) is 12.4 Å². The van der Waals surface area contributed by atoms with Gasteiger partial charge in [0, 0.05) is 12.7 Å². The first-order valence-electron chi connectivity index (χ1n) is 6.73. The Morgan fingerprint density at radius 1 is 1.17 bits per heavy atom. The molecule has 0 fully saturated rings. The fraction of sp³-hybridized carbons (Fsp3) is 0.200. The first-order valence-corrected chi connectivity index (χ1v) is 7.55. The molecular formula is C15H12F3N3OS. The fourth-order valence-electron chi connectivity index (χ4n) is 2.05. The van der Waals surface area contributed by atoms with Crippen LogP contribution in [0.15, 0.2) is 42.7 Å². The van der Waals surface area contributed by atoms with E-state index in [-0.39, 0.29) is 6.54 Å². The van der Waals surface area contributed by atoms with Crippen molar-refractivity contribution in [3.05, 3.63) is 53.9 Å². The highest BCUT2D eigenvalue weighted by atomic mass is 32.1. The van der Waals surface area contributed by atoms with Gasteiger partial charge in [-0.05, 0) is 23.8 Å². The number of aliphatic hydroxyl groups is 1. The summed E-state index contributed by atoms with van der Waals surface area (Å²) in [5, 5.41) is 13.7. The summed E-state index contributed by atoms with van der Waals surface area (Å²) < 4.78 is 38.5. The highest BCUT2D eigenvalue weighted by Gasteiger charge is 2.30. The molecule has 0 aliphatic heterocycles. The summed E-state index contributed by atoms with van der Waals surface area (Å²) in [4.78, 5) is 8.28. The normalized spacial score (nSPS) is 13.2. The summed E-state index contributed by atoms with van der Waals surface area (Å²) in [6.45, 7) is 0.151. The van der Waals surface area contributed by atoms with E-state index in [9.17, 15) is 18.3 Å². The van der Waals surface area contributed by atoms with Gasteiger partial charge in [0.05, 0.1) is 22.6 Å². The van der Waals surface area contributed by atoms with Crippen LogP contribution in [0.4, 0.5) is 18.3 Å². The largest absolute Gasteiger partial charge is 0.416 e. The van der Waals surface area contributed by atoms with Gasteiger partial charge in [0.2, 0.25) is 0 Å². The van der Waals surface area contributed by atoms with E-state index in [1.165, 1.54) is 23.5 Å². The van der Waals surface area contributed by atoms with Gasteiger partial charge in [0.15, 0.2) is 5.13 Å². The number of hydrogen-bond acceptors (Lipinski definition) is 5. The van der Waals surface area contributed by atoms with E-state index in [1.807, 2.05) is 6.07 Å². The zero-order chi connectivity index (χ0) is 16.4. The SMILES string of the molecule is OC(CNc1nc2cnccc2s1)c1ccc(C(F)(F)F)cc1. The lowest BCUT2D eigenvalue weighted by atomic mass is 10.1.